The number of hydrogen-bond acceptors (Lipinski definition) is 0. The minimum atomic E-state index is 0.761. The minimum Gasteiger partial charge on any atom is -0.0628 e. The van der Waals surface area contributed by atoms with Crippen LogP contribution >= 0.6 is 0 Å². The highest BCUT2D eigenvalue weighted by Crippen LogP contribution is 2.14. The number of hydrogen-bond donors (Lipinski definition) is 0. The molecule has 0 saturated heterocycles. The van der Waals surface area contributed by atoms with E-state index in [1.807, 2.05) is 30.3 Å². The Morgan fingerprint density at radius 2 is 1.19 bits per heavy atom. The monoisotopic (exact) mass is 352 g/mol. The van der Waals surface area contributed by atoms with Gasteiger partial charge in [0, 0.05) is 11.1 Å². The molecular weight excluding hydrogens is 324 g/mol. The molecule has 0 radical (unpaired) electrons. The zero-order valence-corrected chi connectivity index (χ0v) is 16.4. The standard InChI is InChI=1S/C27H28/c1-22(2)11-12-26-9-6-10-27(21-26)20-19-25-17-15-24(16-18-25)14-13-23-7-4-3-5-8-23/h3-10,15-18,21-22H,11-12,19-20H2,1-2H3. The average Bonchev–Trinajstić information content (AvgIpc) is 2.71. The Kier molecular flexibility index (Phi) is 6.89. The van der Waals surface area contributed by atoms with Gasteiger partial charge in [-0.05, 0) is 72.6 Å². The Morgan fingerprint density at radius 1 is 0.593 bits per heavy atom. The molecule has 0 aliphatic rings. The predicted octanol–water partition coefficient (Wildman–Crippen LogP) is 6.46. The van der Waals surface area contributed by atoms with Gasteiger partial charge in [0.2, 0.25) is 0 Å². The summed E-state index contributed by atoms with van der Waals surface area (Å²) in [5.41, 5.74) is 6.39. The first-order valence-electron chi connectivity index (χ1n) is 9.93. The van der Waals surface area contributed by atoms with Gasteiger partial charge in [-0.3, -0.25) is 0 Å². The molecule has 0 aliphatic heterocycles. The molecule has 0 heteroatoms. The van der Waals surface area contributed by atoms with Crippen molar-refractivity contribution in [3.05, 3.63) is 107 Å². The lowest BCUT2D eigenvalue weighted by Gasteiger charge is -2.07. The fourth-order valence-electron chi connectivity index (χ4n) is 3.11. The molecule has 0 N–H and O–H groups in total. The Morgan fingerprint density at radius 3 is 1.85 bits per heavy atom. The molecular formula is C27H28. The molecule has 3 rings (SSSR count). The van der Waals surface area contributed by atoms with Gasteiger partial charge in [-0.2, -0.15) is 0 Å². The maximum atomic E-state index is 3.24. The molecule has 136 valence electrons. The molecule has 3 aromatic rings. The first kappa shape index (κ1) is 19.0. The van der Waals surface area contributed by atoms with Gasteiger partial charge < -0.3 is 0 Å². The maximum absolute atomic E-state index is 3.24. The zero-order chi connectivity index (χ0) is 18.9. The van der Waals surface area contributed by atoms with E-state index >= 15 is 0 Å². The molecule has 27 heavy (non-hydrogen) atoms. The van der Waals surface area contributed by atoms with Crippen LogP contribution in [0, 0.1) is 17.8 Å². The third-order valence-corrected chi connectivity index (χ3v) is 4.78. The van der Waals surface area contributed by atoms with Crippen LogP contribution in [0.3, 0.4) is 0 Å². The zero-order valence-electron chi connectivity index (χ0n) is 16.4. The van der Waals surface area contributed by atoms with Crippen LogP contribution in [0.5, 0.6) is 0 Å². The summed E-state index contributed by atoms with van der Waals surface area (Å²) in [5.74, 6) is 7.22. The van der Waals surface area contributed by atoms with Crippen molar-refractivity contribution in [3.63, 3.8) is 0 Å². The first-order chi connectivity index (χ1) is 13.2. The third kappa shape index (κ3) is 6.46. The highest BCUT2D eigenvalue weighted by molar-refractivity contribution is 5.43. The molecule has 0 unspecified atom stereocenters. The number of benzene rings is 3. The molecule has 0 bridgehead atoms. The number of aryl methyl sites for hydroxylation is 3. The Bertz CT molecular complexity index is 890. The highest BCUT2D eigenvalue weighted by Gasteiger charge is 2.00. The van der Waals surface area contributed by atoms with Crippen LogP contribution < -0.4 is 0 Å². The average molecular weight is 353 g/mol. The summed E-state index contributed by atoms with van der Waals surface area (Å²) in [4.78, 5) is 0. The maximum Gasteiger partial charge on any atom is 0.0249 e. The number of rotatable bonds is 6. The van der Waals surface area contributed by atoms with Gasteiger partial charge in [0.15, 0.2) is 0 Å². The summed E-state index contributed by atoms with van der Waals surface area (Å²) >= 11 is 0. The van der Waals surface area contributed by atoms with Crippen molar-refractivity contribution < 1.29 is 0 Å². The SMILES string of the molecule is CC(C)CCc1cccc(CCc2ccc(C#Cc3ccccc3)cc2)c1. The topological polar surface area (TPSA) is 0 Å². The van der Waals surface area contributed by atoms with E-state index in [9.17, 15) is 0 Å². The lowest BCUT2D eigenvalue weighted by Crippen LogP contribution is -1.95. The van der Waals surface area contributed by atoms with Crippen molar-refractivity contribution in [1.82, 2.24) is 0 Å². The van der Waals surface area contributed by atoms with Crippen LogP contribution in [0.25, 0.3) is 0 Å². The van der Waals surface area contributed by atoms with E-state index in [1.54, 1.807) is 0 Å². The van der Waals surface area contributed by atoms with Crippen LogP contribution in [-0.2, 0) is 19.3 Å². The Labute approximate surface area is 164 Å². The second-order valence-electron chi connectivity index (χ2n) is 7.57. The minimum absolute atomic E-state index is 0.761. The molecule has 0 aliphatic carbocycles. The summed E-state index contributed by atoms with van der Waals surface area (Å²) < 4.78 is 0. The van der Waals surface area contributed by atoms with Gasteiger partial charge in [-0.15, -0.1) is 0 Å². The van der Waals surface area contributed by atoms with E-state index in [1.165, 1.54) is 29.5 Å². The molecule has 0 spiro atoms. The van der Waals surface area contributed by atoms with Crippen molar-refractivity contribution in [3.8, 4) is 11.8 Å². The van der Waals surface area contributed by atoms with E-state index in [0.717, 1.165) is 29.9 Å². The highest BCUT2D eigenvalue weighted by atomic mass is 14.1. The van der Waals surface area contributed by atoms with Crippen LogP contribution in [0.4, 0.5) is 0 Å². The fourth-order valence-corrected chi connectivity index (χ4v) is 3.11. The summed E-state index contributed by atoms with van der Waals surface area (Å²) in [7, 11) is 0. The Balaban J connectivity index is 1.56. The second-order valence-corrected chi connectivity index (χ2v) is 7.57. The molecule has 0 saturated carbocycles. The van der Waals surface area contributed by atoms with Crippen molar-refractivity contribution >= 4 is 0 Å². The molecule has 0 nitrogen and oxygen atoms in total. The van der Waals surface area contributed by atoms with Crippen molar-refractivity contribution in [2.45, 2.75) is 39.5 Å². The van der Waals surface area contributed by atoms with Crippen molar-refractivity contribution in [2.24, 2.45) is 5.92 Å². The van der Waals surface area contributed by atoms with E-state index in [0.29, 0.717) is 0 Å². The summed E-state index contributed by atoms with van der Waals surface area (Å²) in [6, 6.07) is 27.9. The largest absolute Gasteiger partial charge is 0.0628 e. The summed E-state index contributed by atoms with van der Waals surface area (Å²) in [6.07, 6.45) is 4.60. The van der Waals surface area contributed by atoms with Crippen LogP contribution in [0.15, 0.2) is 78.9 Å². The molecule has 0 atom stereocenters. The van der Waals surface area contributed by atoms with Gasteiger partial charge in [-0.1, -0.05) is 80.3 Å². The van der Waals surface area contributed by atoms with Gasteiger partial charge in [0.25, 0.3) is 0 Å². The lowest BCUT2D eigenvalue weighted by molar-refractivity contribution is 0.586. The van der Waals surface area contributed by atoms with Crippen LogP contribution in [0.1, 0.15) is 48.1 Å². The first-order valence-corrected chi connectivity index (χ1v) is 9.93. The second kappa shape index (κ2) is 9.79. The van der Waals surface area contributed by atoms with Gasteiger partial charge >= 0.3 is 0 Å². The van der Waals surface area contributed by atoms with E-state index in [4.69, 9.17) is 0 Å². The van der Waals surface area contributed by atoms with Crippen molar-refractivity contribution in [2.75, 3.05) is 0 Å². The summed E-state index contributed by atoms with van der Waals surface area (Å²) in [6.45, 7) is 4.58. The third-order valence-electron chi connectivity index (χ3n) is 4.78. The van der Waals surface area contributed by atoms with Crippen molar-refractivity contribution in [1.29, 1.82) is 0 Å². The van der Waals surface area contributed by atoms with Gasteiger partial charge in [-0.25, -0.2) is 0 Å². The van der Waals surface area contributed by atoms with E-state index in [-0.39, 0.29) is 0 Å². The van der Waals surface area contributed by atoms with Gasteiger partial charge in [0.05, 0.1) is 0 Å². The van der Waals surface area contributed by atoms with Crippen LogP contribution in [0.2, 0.25) is 0 Å². The molecule has 3 aromatic carbocycles. The quantitative estimate of drug-likeness (QED) is 0.447. The summed E-state index contributed by atoms with van der Waals surface area (Å²) in [5, 5.41) is 0. The van der Waals surface area contributed by atoms with Crippen LogP contribution in [-0.4, -0.2) is 0 Å². The normalized spacial score (nSPS) is 10.5. The molecule has 0 aromatic heterocycles. The molecule has 0 heterocycles. The smallest absolute Gasteiger partial charge is 0.0249 e. The Hall–Kier alpha value is -2.78. The van der Waals surface area contributed by atoms with E-state index < -0.39 is 0 Å². The molecule has 0 fully saturated rings. The van der Waals surface area contributed by atoms with Gasteiger partial charge in [0.1, 0.15) is 0 Å². The fraction of sp³-hybridized carbons (Fsp3) is 0.259. The predicted molar refractivity (Wildman–Crippen MR) is 116 cm³/mol. The molecule has 0 amide bonds. The van der Waals surface area contributed by atoms with E-state index in [2.05, 4.69) is 74.2 Å². The lowest BCUT2D eigenvalue weighted by atomic mass is 9.98.